The first-order valence-electron chi connectivity index (χ1n) is 16.8. The number of nitro benzene ring substituents is 1. The number of nitrogens with two attached hydrogens (primary N) is 1. The average molecular weight is 639 g/mol. The summed E-state index contributed by atoms with van der Waals surface area (Å²) in [5, 5.41) is 12.2. The summed E-state index contributed by atoms with van der Waals surface area (Å²) >= 11 is 0. The molecule has 0 unspecified atom stereocenters. The number of aryl methyl sites for hydroxylation is 1. The number of nitrogens with zero attached hydrogens (tertiary/aromatic N) is 3. The van der Waals surface area contributed by atoms with E-state index in [2.05, 4.69) is 23.8 Å². The zero-order chi connectivity index (χ0) is 33.6. The SMILES string of the molecule is CCCCCCCc1cnc(-c2ccc(OC(=O)c3ccccc3-c3cc(N)c(O[C@H](C)CCCCCC)cc3[N+](=O)[O-])cc2)nc1. The van der Waals surface area contributed by atoms with Crippen LogP contribution < -0.4 is 15.2 Å². The molecule has 1 heterocycles. The Hall–Kier alpha value is -4.79. The van der Waals surface area contributed by atoms with E-state index in [1.54, 1.807) is 48.5 Å². The van der Waals surface area contributed by atoms with E-state index in [9.17, 15) is 14.9 Å². The minimum absolute atomic E-state index is 0.149. The third kappa shape index (κ3) is 10.1. The lowest BCUT2D eigenvalue weighted by molar-refractivity contribution is -0.384. The molecule has 0 fully saturated rings. The molecule has 248 valence electrons. The van der Waals surface area contributed by atoms with Crippen molar-refractivity contribution in [2.75, 3.05) is 5.73 Å². The van der Waals surface area contributed by atoms with Gasteiger partial charge in [0.15, 0.2) is 5.82 Å². The molecular formula is C38H46N4O5. The molecule has 9 heteroatoms. The van der Waals surface area contributed by atoms with Crippen molar-refractivity contribution in [3.63, 3.8) is 0 Å². The third-order valence-corrected chi connectivity index (χ3v) is 8.15. The molecule has 1 aromatic heterocycles. The van der Waals surface area contributed by atoms with Crippen LogP contribution in [0.25, 0.3) is 22.5 Å². The number of nitro groups is 1. The maximum absolute atomic E-state index is 13.4. The van der Waals surface area contributed by atoms with E-state index in [-0.39, 0.29) is 34.4 Å². The van der Waals surface area contributed by atoms with E-state index >= 15 is 0 Å². The predicted molar refractivity (Wildman–Crippen MR) is 187 cm³/mol. The summed E-state index contributed by atoms with van der Waals surface area (Å²) < 4.78 is 11.7. The Balaban J connectivity index is 1.46. The van der Waals surface area contributed by atoms with Crippen LogP contribution in [0.3, 0.4) is 0 Å². The molecule has 0 saturated carbocycles. The van der Waals surface area contributed by atoms with Crippen LogP contribution in [-0.2, 0) is 6.42 Å². The minimum atomic E-state index is -0.651. The molecule has 0 aliphatic rings. The summed E-state index contributed by atoms with van der Waals surface area (Å²) in [6.45, 7) is 6.30. The fourth-order valence-corrected chi connectivity index (χ4v) is 5.48. The number of hydrogen-bond donors (Lipinski definition) is 1. The smallest absolute Gasteiger partial charge is 0.344 e. The van der Waals surface area contributed by atoms with E-state index in [4.69, 9.17) is 15.2 Å². The van der Waals surface area contributed by atoms with Gasteiger partial charge >= 0.3 is 5.97 Å². The molecule has 0 bridgehead atoms. The van der Waals surface area contributed by atoms with Gasteiger partial charge in [-0.05, 0) is 74.6 Å². The van der Waals surface area contributed by atoms with Crippen LogP contribution in [0.5, 0.6) is 11.5 Å². The van der Waals surface area contributed by atoms with E-state index in [0.717, 1.165) is 56.1 Å². The van der Waals surface area contributed by atoms with Gasteiger partial charge in [-0.15, -0.1) is 0 Å². The summed E-state index contributed by atoms with van der Waals surface area (Å²) in [4.78, 5) is 34.2. The van der Waals surface area contributed by atoms with Gasteiger partial charge in [0.1, 0.15) is 11.5 Å². The van der Waals surface area contributed by atoms with Gasteiger partial charge in [0.05, 0.1) is 33.9 Å². The lowest BCUT2D eigenvalue weighted by Crippen LogP contribution is -2.13. The van der Waals surface area contributed by atoms with Crippen LogP contribution in [-0.4, -0.2) is 27.0 Å². The maximum atomic E-state index is 13.4. The van der Waals surface area contributed by atoms with Crippen molar-refractivity contribution in [3.8, 4) is 34.0 Å². The molecular weight excluding hydrogens is 592 g/mol. The second-order valence-corrected chi connectivity index (χ2v) is 12.0. The van der Waals surface area contributed by atoms with Crippen molar-refractivity contribution in [1.29, 1.82) is 0 Å². The Labute approximate surface area is 277 Å². The highest BCUT2D eigenvalue weighted by molar-refractivity contribution is 6.00. The molecule has 0 saturated heterocycles. The van der Waals surface area contributed by atoms with Crippen LogP contribution in [0.15, 0.2) is 73.1 Å². The van der Waals surface area contributed by atoms with Gasteiger partial charge in [0.2, 0.25) is 0 Å². The number of benzene rings is 3. The largest absolute Gasteiger partial charge is 0.488 e. The minimum Gasteiger partial charge on any atom is -0.488 e. The van der Waals surface area contributed by atoms with Gasteiger partial charge in [-0.3, -0.25) is 10.1 Å². The summed E-state index contributed by atoms with van der Waals surface area (Å²) in [7, 11) is 0. The molecule has 9 nitrogen and oxygen atoms in total. The Morgan fingerprint density at radius 3 is 2.21 bits per heavy atom. The van der Waals surface area contributed by atoms with Gasteiger partial charge in [0, 0.05) is 23.5 Å². The van der Waals surface area contributed by atoms with E-state index in [1.165, 1.54) is 37.8 Å². The van der Waals surface area contributed by atoms with Crippen molar-refractivity contribution >= 4 is 17.3 Å². The molecule has 4 rings (SSSR count). The zero-order valence-electron chi connectivity index (χ0n) is 27.7. The molecule has 1 atom stereocenters. The van der Waals surface area contributed by atoms with E-state index in [1.807, 2.05) is 19.3 Å². The van der Waals surface area contributed by atoms with E-state index < -0.39 is 10.9 Å². The predicted octanol–water partition coefficient (Wildman–Crippen LogP) is 9.77. The Bertz CT molecular complexity index is 1610. The van der Waals surface area contributed by atoms with Crippen LogP contribution in [0.1, 0.15) is 101 Å². The first kappa shape index (κ1) is 35.1. The summed E-state index contributed by atoms with van der Waals surface area (Å²) in [5.74, 6) is 0.514. The Morgan fingerprint density at radius 1 is 0.872 bits per heavy atom. The Kier molecular flexibility index (Phi) is 13.3. The number of hydrogen-bond acceptors (Lipinski definition) is 8. The number of unbranched alkanes of at least 4 members (excludes halogenated alkanes) is 7. The van der Waals surface area contributed by atoms with Crippen molar-refractivity contribution in [2.24, 2.45) is 0 Å². The van der Waals surface area contributed by atoms with Crippen molar-refractivity contribution in [1.82, 2.24) is 9.97 Å². The Morgan fingerprint density at radius 2 is 1.53 bits per heavy atom. The van der Waals surface area contributed by atoms with Crippen molar-refractivity contribution < 1.29 is 19.2 Å². The number of ether oxygens (including phenoxy) is 2. The van der Waals surface area contributed by atoms with Crippen LogP contribution in [0, 0.1) is 10.1 Å². The van der Waals surface area contributed by atoms with Crippen LogP contribution >= 0.6 is 0 Å². The monoisotopic (exact) mass is 638 g/mol. The maximum Gasteiger partial charge on any atom is 0.344 e. The average Bonchev–Trinajstić information content (AvgIpc) is 3.08. The van der Waals surface area contributed by atoms with Gasteiger partial charge < -0.3 is 15.2 Å². The standard InChI is InChI=1S/C38H46N4O5/c1-4-6-8-10-12-16-28-25-40-37(41-26-28)29-19-21-30(22-20-29)47-38(43)32-18-14-13-17-31(32)33-23-34(39)36(24-35(33)42(44)45)46-27(3)15-11-9-7-5-2/h13-14,17-27H,4-12,15-16,39H2,1-3H3/t27-/m1/s1. The van der Waals surface area contributed by atoms with Gasteiger partial charge in [-0.2, -0.15) is 0 Å². The number of carbonyl (C=O) groups is 1. The molecule has 0 aliphatic heterocycles. The summed E-state index contributed by atoms with van der Waals surface area (Å²) in [5.41, 5.74) is 9.01. The lowest BCUT2D eigenvalue weighted by atomic mass is 9.97. The number of anilines is 1. The molecule has 47 heavy (non-hydrogen) atoms. The molecule has 0 spiro atoms. The molecule has 2 N–H and O–H groups in total. The molecule has 0 aliphatic carbocycles. The molecule has 0 amide bonds. The quantitative estimate of drug-likeness (QED) is 0.0285. The first-order chi connectivity index (χ1) is 22.8. The number of esters is 1. The van der Waals surface area contributed by atoms with Crippen molar-refractivity contribution in [3.05, 3.63) is 94.3 Å². The summed E-state index contributed by atoms with van der Waals surface area (Å²) in [6, 6.07) is 16.4. The highest BCUT2D eigenvalue weighted by Gasteiger charge is 2.25. The van der Waals surface area contributed by atoms with Crippen molar-refractivity contribution in [2.45, 2.75) is 97.5 Å². The first-order valence-corrected chi connectivity index (χ1v) is 16.8. The fourth-order valence-electron chi connectivity index (χ4n) is 5.48. The van der Waals surface area contributed by atoms with Crippen LogP contribution in [0.2, 0.25) is 0 Å². The molecule has 4 aromatic rings. The number of carbonyl (C=O) groups excluding carboxylic acids is 1. The zero-order valence-corrected chi connectivity index (χ0v) is 27.7. The van der Waals surface area contributed by atoms with E-state index in [0.29, 0.717) is 17.1 Å². The topological polar surface area (TPSA) is 130 Å². The molecule has 3 aromatic carbocycles. The van der Waals surface area contributed by atoms with Gasteiger partial charge in [-0.1, -0.05) is 77.0 Å². The normalized spacial score (nSPS) is 11.6. The van der Waals surface area contributed by atoms with Crippen LogP contribution in [0.4, 0.5) is 11.4 Å². The second-order valence-electron chi connectivity index (χ2n) is 12.0. The van der Waals surface area contributed by atoms with Gasteiger partial charge in [-0.25, -0.2) is 14.8 Å². The highest BCUT2D eigenvalue weighted by atomic mass is 16.6. The second kappa shape index (κ2) is 17.8. The lowest BCUT2D eigenvalue weighted by Gasteiger charge is -2.17. The number of nitrogen functional groups attached to an aromatic ring is 1. The number of rotatable bonds is 18. The fraction of sp³-hybridized carbons (Fsp3) is 0.395. The number of aromatic nitrogens is 2. The highest BCUT2D eigenvalue weighted by Crippen LogP contribution is 2.39. The summed E-state index contributed by atoms with van der Waals surface area (Å²) in [6.07, 6.45) is 15.9. The van der Waals surface area contributed by atoms with Gasteiger partial charge in [0.25, 0.3) is 5.69 Å². The molecule has 0 radical (unpaired) electrons. The third-order valence-electron chi connectivity index (χ3n) is 8.15.